The van der Waals surface area contributed by atoms with Crippen molar-refractivity contribution >= 4 is 11.3 Å². The minimum Gasteiger partial charge on any atom is -0.310 e. The molecule has 0 aliphatic heterocycles. The smallest absolute Gasteiger partial charge is 0.107 e. The first kappa shape index (κ1) is 13.0. The molecule has 3 nitrogen and oxygen atoms in total. The minimum atomic E-state index is 0.804. The van der Waals surface area contributed by atoms with Gasteiger partial charge in [-0.25, -0.2) is 4.98 Å². The lowest BCUT2D eigenvalue weighted by Crippen LogP contribution is -2.36. The highest BCUT2D eigenvalue weighted by Gasteiger charge is 2.22. The Labute approximate surface area is 108 Å². The molecule has 0 unspecified atom stereocenters. The molecule has 4 heteroatoms. The summed E-state index contributed by atoms with van der Waals surface area (Å²) in [5.41, 5.74) is 1.23. The van der Waals surface area contributed by atoms with Crippen LogP contribution < -0.4 is 5.32 Å². The molecule has 0 atom stereocenters. The fraction of sp³-hybridized carbons (Fsp3) is 0.769. The van der Waals surface area contributed by atoms with Crippen LogP contribution in [-0.2, 0) is 13.1 Å². The summed E-state index contributed by atoms with van der Waals surface area (Å²) in [6, 6.07) is 0.804. The molecule has 0 bridgehead atoms. The molecule has 1 aliphatic carbocycles. The van der Waals surface area contributed by atoms with Crippen LogP contribution in [0.2, 0.25) is 0 Å². The second kappa shape index (κ2) is 6.47. The standard InChI is InChI=1S/C13H23N3S/c1-3-7-14-8-13-15-11(10-17-13)9-16(2)12-5-4-6-12/h10,12,14H,3-9H2,1-2H3. The molecular weight excluding hydrogens is 230 g/mol. The van der Waals surface area contributed by atoms with Gasteiger partial charge in [0.2, 0.25) is 0 Å². The van der Waals surface area contributed by atoms with Crippen molar-refractivity contribution in [1.82, 2.24) is 15.2 Å². The van der Waals surface area contributed by atoms with Gasteiger partial charge in [0, 0.05) is 24.5 Å². The van der Waals surface area contributed by atoms with Crippen molar-refractivity contribution in [3.63, 3.8) is 0 Å². The van der Waals surface area contributed by atoms with Crippen LogP contribution in [0.15, 0.2) is 5.38 Å². The Morgan fingerprint density at radius 2 is 2.35 bits per heavy atom. The maximum absolute atomic E-state index is 4.68. The number of rotatable bonds is 7. The zero-order valence-electron chi connectivity index (χ0n) is 10.9. The Bertz CT molecular complexity index is 333. The number of hydrogen-bond donors (Lipinski definition) is 1. The summed E-state index contributed by atoms with van der Waals surface area (Å²) in [4.78, 5) is 7.12. The number of thiazole rings is 1. The van der Waals surface area contributed by atoms with E-state index in [2.05, 4.69) is 34.6 Å². The average molecular weight is 253 g/mol. The minimum absolute atomic E-state index is 0.804. The van der Waals surface area contributed by atoms with Crippen LogP contribution in [0, 0.1) is 0 Å². The Morgan fingerprint density at radius 1 is 1.53 bits per heavy atom. The Kier molecular flexibility index (Phi) is 4.95. The number of aromatic nitrogens is 1. The Hall–Kier alpha value is -0.450. The Morgan fingerprint density at radius 3 is 3.00 bits per heavy atom. The highest BCUT2D eigenvalue weighted by Crippen LogP contribution is 2.25. The van der Waals surface area contributed by atoms with E-state index in [1.54, 1.807) is 11.3 Å². The zero-order chi connectivity index (χ0) is 12.1. The molecule has 0 spiro atoms. The largest absolute Gasteiger partial charge is 0.310 e. The predicted octanol–water partition coefficient (Wildman–Crippen LogP) is 2.63. The lowest BCUT2D eigenvalue weighted by molar-refractivity contribution is 0.151. The van der Waals surface area contributed by atoms with Gasteiger partial charge in [0.05, 0.1) is 5.69 Å². The van der Waals surface area contributed by atoms with E-state index in [1.165, 1.54) is 36.4 Å². The zero-order valence-corrected chi connectivity index (χ0v) is 11.7. The van der Waals surface area contributed by atoms with Gasteiger partial charge in [0.15, 0.2) is 0 Å². The van der Waals surface area contributed by atoms with Gasteiger partial charge >= 0.3 is 0 Å². The summed E-state index contributed by atoms with van der Waals surface area (Å²) < 4.78 is 0. The molecule has 17 heavy (non-hydrogen) atoms. The van der Waals surface area contributed by atoms with Gasteiger partial charge in [-0.05, 0) is 32.9 Å². The van der Waals surface area contributed by atoms with Crippen molar-refractivity contribution in [3.05, 3.63) is 16.1 Å². The average Bonchev–Trinajstić information content (AvgIpc) is 2.63. The SMILES string of the molecule is CCCNCc1nc(CN(C)C2CCC2)cs1. The van der Waals surface area contributed by atoms with Gasteiger partial charge in [-0.2, -0.15) is 0 Å². The van der Waals surface area contributed by atoms with Crippen molar-refractivity contribution in [2.75, 3.05) is 13.6 Å². The van der Waals surface area contributed by atoms with Crippen LogP contribution in [0.4, 0.5) is 0 Å². The summed E-state index contributed by atoms with van der Waals surface area (Å²) >= 11 is 1.78. The van der Waals surface area contributed by atoms with Crippen molar-refractivity contribution < 1.29 is 0 Å². The van der Waals surface area contributed by atoms with E-state index in [0.29, 0.717) is 0 Å². The topological polar surface area (TPSA) is 28.2 Å². The third kappa shape index (κ3) is 3.76. The highest BCUT2D eigenvalue weighted by atomic mass is 32.1. The third-order valence-electron chi connectivity index (χ3n) is 3.41. The summed E-state index contributed by atoms with van der Waals surface area (Å²) in [6.45, 7) is 5.20. The molecule has 1 N–H and O–H groups in total. The molecule has 1 aromatic heterocycles. The molecule has 1 heterocycles. The van der Waals surface area contributed by atoms with Gasteiger partial charge in [-0.15, -0.1) is 11.3 Å². The number of nitrogens with zero attached hydrogens (tertiary/aromatic N) is 2. The lowest BCUT2D eigenvalue weighted by Gasteiger charge is -2.34. The normalized spacial score (nSPS) is 16.4. The van der Waals surface area contributed by atoms with Gasteiger partial charge < -0.3 is 5.32 Å². The first-order chi connectivity index (χ1) is 8.29. The molecular formula is C13H23N3S. The molecule has 2 rings (SSSR count). The van der Waals surface area contributed by atoms with Gasteiger partial charge in [0.25, 0.3) is 0 Å². The first-order valence-corrected chi connectivity index (χ1v) is 7.51. The summed E-state index contributed by atoms with van der Waals surface area (Å²) in [6.07, 6.45) is 5.32. The quantitative estimate of drug-likeness (QED) is 0.757. The van der Waals surface area contributed by atoms with E-state index in [-0.39, 0.29) is 0 Å². The Balaban J connectivity index is 1.76. The van der Waals surface area contributed by atoms with E-state index in [0.717, 1.165) is 25.7 Å². The highest BCUT2D eigenvalue weighted by molar-refractivity contribution is 7.09. The monoisotopic (exact) mass is 253 g/mol. The fourth-order valence-electron chi connectivity index (χ4n) is 2.09. The van der Waals surface area contributed by atoms with Crippen molar-refractivity contribution in [2.45, 2.75) is 51.7 Å². The van der Waals surface area contributed by atoms with E-state index in [1.807, 2.05) is 0 Å². The maximum atomic E-state index is 4.68. The third-order valence-corrected chi connectivity index (χ3v) is 4.31. The van der Waals surface area contributed by atoms with Gasteiger partial charge in [0.1, 0.15) is 5.01 Å². The molecule has 1 aliphatic rings. The molecule has 1 saturated carbocycles. The molecule has 96 valence electrons. The molecule has 1 aromatic rings. The summed E-state index contributed by atoms with van der Waals surface area (Å²) in [5.74, 6) is 0. The van der Waals surface area contributed by atoms with E-state index >= 15 is 0 Å². The van der Waals surface area contributed by atoms with Gasteiger partial charge in [-0.1, -0.05) is 13.3 Å². The number of nitrogens with one attached hydrogen (secondary N) is 1. The predicted molar refractivity (Wildman–Crippen MR) is 73.2 cm³/mol. The van der Waals surface area contributed by atoms with Crippen LogP contribution in [0.25, 0.3) is 0 Å². The van der Waals surface area contributed by atoms with E-state index in [4.69, 9.17) is 0 Å². The van der Waals surface area contributed by atoms with Crippen molar-refractivity contribution in [3.8, 4) is 0 Å². The van der Waals surface area contributed by atoms with E-state index < -0.39 is 0 Å². The van der Waals surface area contributed by atoms with Gasteiger partial charge in [-0.3, -0.25) is 4.90 Å². The molecule has 0 radical (unpaired) electrons. The lowest BCUT2D eigenvalue weighted by atomic mass is 9.92. The van der Waals surface area contributed by atoms with Crippen LogP contribution >= 0.6 is 11.3 Å². The number of hydrogen-bond acceptors (Lipinski definition) is 4. The first-order valence-electron chi connectivity index (χ1n) is 6.64. The van der Waals surface area contributed by atoms with Crippen molar-refractivity contribution in [1.29, 1.82) is 0 Å². The molecule has 0 saturated heterocycles. The van der Waals surface area contributed by atoms with Crippen LogP contribution in [0.5, 0.6) is 0 Å². The van der Waals surface area contributed by atoms with Crippen LogP contribution in [0.3, 0.4) is 0 Å². The van der Waals surface area contributed by atoms with Crippen molar-refractivity contribution in [2.24, 2.45) is 0 Å². The summed E-state index contributed by atoms with van der Waals surface area (Å²) in [5, 5.41) is 6.82. The second-order valence-electron chi connectivity index (χ2n) is 4.91. The summed E-state index contributed by atoms with van der Waals surface area (Å²) in [7, 11) is 2.22. The molecule has 0 aromatic carbocycles. The van der Waals surface area contributed by atoms with Crippen LogP contribution in [0.1, 0.15) is 43.3 Å². The molecule has 1 fully saturated rings. The van der Waals surface area contributed by atoms with Crippen LogP contribution in [-0.4, -0.2) is 29.5 Å². The second-order valence-corrected chi connectivity index (χ2v) is 5.85. The maximum Gasteiger partial charge on any atom is 0.107 e. The molecule has 0 amide bonds. The fourth-order valence-corrected chi connectivity index (χ4v) is 2.84. The van der Waals surface area contributed by atoms with E-state index in [9.17, 15) is 0 Å².